The molecule has 1 aromatic carbocycles. The molecule has 0 N–H and O–H groups in total. The Labute approximate surface area is 108 Å². The van der Waals surface area contributed by atoms with Gasteiger partial charge >= 0.3 is 0 Å². The van der Waals surface area contributed by atoms with E-state index >= 15 is 0 Å². The summed E-state index contributed by atoms with van der Waals surface area (Å²) in [5.74, 6) is 1.25. The summed E-state index contributed by atoms with van der Waals surface area (Å²) < 4.78 is 5.52. The van der Waals surface area contributed by atoms with Crippen molar-refractivity contribution < 1.29 is 9.21 Å². The summed E-state index contributed by atoms with van der Waals surface area (Å²) in [5.41, 5.74) is 5.11. The molecular weight excluding hydrogens is 224 g/mol. The number of ketones is 1. The monoisotopic (exact) mass is 242 g/mol. The molecule has 2 aromatic rings. The van der Waals surface area contributed by atoms with Crippen molar-refractivity contribution in [3.05, 3.63) is 58.0 Å². The van der Waals surface area contributed by atoms with E-state index in [-0.39, 0.29) is 5.78 Å². The largest absolute Gasteiger partial charge is 0.458 e. The van der Waals surface area contributed by atoms with E-state index in [1.807, 2.05) is 6.07 Å². The van der Waals surface area contributed by atoms with Crippen LogP contribution in [0.2, 0.25) is 0 Å². The Morgan fingerprint density at radius 3 is 2.33 bits per heavy atom. The Morgan fingerprint density at radius 2 is 1.72 bits per heavy atom. The standard InChI is InChI=1S/C16H18O2/c1-10-7-12(3)14(8-11(10)2)9-15-5-6-16(18-15)13(4)17/h5-8H,9H2,1-4H3. The number of aryl methyl sites for hydroxylation is 3. The SMILES string of the molecule is CC(=O)c1ccc(Cc2cc(C)c(C)cc2C)o1. The molecule has 1 aromatic heterocycles. The topological polar surface area (TPSA) is 30.2 Å². The van der Waals surface area contributed by atoms with Crippen molar-refractivity contribution >= 4 is 5.78 Å². The summed E-state index contributed by atoms with van der Waals surface area (Å²) >= 11 is 0. The van der Waals surface area contributed by atoms with Crippen molar-refractivity contribution in [2.75, 3.05) is 0 Å². The number of Topliss-reactive ketones (excluding diaryl/α,β-unsaturated/α-hetero) is 1. The first-order valence-electron chi connectivity index (χ1n) is 6.13. The fraction of sp³-hybridized carbons (Fsp3) is 0.312. The van der Waals surface area contributed by atoms with Gasteiger partial charge in [0.1, 0.15) is 5.76 Å². The van der Waals surface area contributed by atoms with Gasteiger partial charge < -0.3 is 4.42 Å². The number of hydrogen-bond acceptors (Lipinski definition) is 2. The van der Waals surface area contributed by atoms with Crippen LogP contribution in [0.15, 0.2) is 28.7 Å². The second kappa shape index (κ2) is 4.81. The number of furan rings is 1. The molecule has 0 saturated carbocycles. The van der Waals surface area contributed by atoms with Gasteiger partial charge in [-0.15, -0.1) is 0 Å². The second-order valence-corrected chi connectivity index (χ2v) is 4.86. The Balaban J connectivity index is 2.28. The minimum absolute atomic E-state index is 0.0296. The zero-order valence-corrected chi connectivity index (χ0v) is 11.3. The maximum Gasteiger partial charge on any atom is 0.194 e. The number of carbonyl (C=O) groups is 1. The summed E-state index contributed by atoms with van der Waals surface area (Å²) in [7, 11) is 0. The maximum absolute atomic E-state index is 11.2. The van der Waals surface area contributed by atoms with E-state index in [2.05, 4.69) is 32.9 Å². The predicted octanol–water partition coefficient (Wildman–Crippen LogP) is 4.00. The molecule has 18 heavy (non-hydrogen) atoms. The van der Waals surface area contributed by atoms with E-state index in [0.29, 0.717) is 5.76 Å². The van der Waals surface area contributed by atoms with Crippen LogP contribution in [0.1, 0.15) is 45.5 Å². The second-order valence-electron chi connectivity index (χ2n) is 4.86. The molecule has 0 bridgehead atoms. The molecule has 94 valence electrons. The lowest BCUT2D eigenvalue weighted by Gasteiger charge is -2.08. The average Bonchev–Trinajstić information content (AvgIpc) is 2.74. The fourth-order valence-electron chi connectivity index (χ4n) is 2.06. The van der Waals surface area contributed by atoms with Crippen molar-refractivity contribution in [3.8, 4) is 0 Å². The summed E-state index contributed by atoms with van der Waals surface area (Å²) in [6.45, 7) is 7.86. The summed E-state index contributed by atoms with van der Waals surface area (Å²) in [6.07, 6.45) is 0.736. The third-order valence-corrected chi connectivity index (χ3v) is 3.33. The molecule has 0 radical (unpaired) electrons. The minimum Gasteiger partial charge on any atom is -0.458 e. The Morgan fingerprint density at radius 1 is 1.06 bits per heavy atom. The average molecular weight is 242 g/mol. The number of benzene rings is 1. The first-order valence-corrected chi connectivity index (χ1v) is 6.13. The quantitative estimate of drug-likeness (QED) is 0.761. The molecular formula is C16H18O2. The van der Waals surface area contributed by atoms with Gasteiger partial charge in [-0.3, -0.25) is 4.79 Å². The van der Waals surface area contributed by atoms with E-state index in [0.717, 1.165) is 12.2 Å². The van der Waals surface area contributed by atoms with Crippen LogP contribution in [0, 0.1) is 20.8 Å². The van der Waals surface area contributed by atoms with Gasteiger partial charge in [-0.25, -0.2) is 0 Å². The van der Waals surface area contributed by atoms with E-state index < -0.39 is 0 Å². The molecule has 2 rings (SSSR count). The van der Waals surface area contributed by atoms with E-state index in [9.17, 15) is 4.79 Å². The van der Waals surface area contributed by atoms with Crippen LogP contribution in [-0.4, -0.2) is 5.78 Å². The van der Waals surface area contributed by atoms with Gasteiger partial charge in [0.2, 0.25) is 0 Å². The lowest BCUT2D eigenvalue weighted by atomic mass is 9.98. The van der Waals surface area contributed by atoms with Crippen molar-refractivity contribution in [3.63, 3.8) is 0 Å². The van der Waals surface area contributed by atoms with E-state index in [1.54, 1.807) is 6.07 Å². The van der Waals surface area contributed by atoms with Crippen molar-refractivity contribution in [1.82, 2.24) is 0 Å². The van der Waals surface area contributed by atoms with Gasteiger partial charge in [0, 0.05) is 13.3 Å². The fourth-order valence-corrected chi connectivity index (χ4v) is 2.06. The summed E-state index contributed by atoms with van der Waals surface area (Å²) in [4.78, 5) is 11.2. The van der Waals surface area contributed by atoms with Crippen LogP contribution in [0.25, 0.3) is 0 Å². The molecule has 0 aliphatic carbocycles. The van der Waals surface area contributed by atoms with Crippen molar-refractivity contribution in [1.29, 1.82) is 0 Å². The molecule has 0 fully saturated rings. The van der Waals surface area contributed by atoms with Crippen LogP contribution in [0.4, 0.5) is 0 Å². The first kappa shape index (κ1) is 12.6. The molecule has 1 heterocycles. The highest BCUT2D eigenvalue weighted by atomic mass is 16.3. The minimum atomic E-state index is -0.0296. The molecule has 2 nitrogen and oxygen atoms in total. The normalized spacial score (nSPS) is 10.7. The van der Waals surface area contributed by atoms with Gasteiger partial charge in [0.15, 0.2) is 11.5 Å². The zero-order chi connectivity index (χ0) is 13.3. The third kappa shape index (κ3) is 2.53. The Kier molecular flexibility index (Phi) is 3.37. The predicted molar refractivity (Wildman–Crippen MR) is 72.2 cm³/mol. The molecule has 2 heteroatoms. The Hall–Kier alpha value is -1.83. The van der Waals surface area contributed by atoms with Gasteiger partial charge in [0.05, 0.1) is 0 Å². The number of carbonyl (C=O) groups excluding carboxylic acids is 1. The van der Waals surface area contributed by atoms with Gasteiger partial charge in [-0.05, 0) is 55.2 Å². The smallest absolute Gasteiger partial charge is 0.194 e. The molecule has 0 aliphatic rings. The lowest BCUT2D eigenvalue weighted by molar-refractivity contribution is 0.0985. The van der Waals surface area contributed by atoms with Gasteiger partial charge in [0.25, 0.3) is 0 Å². The highest BCUT2D eigenvalue weighted by Gasteiger charge is 2.09. The van der Waals surface area contributed by atoms with E-state index in [1.165, 1.54) is 29.2 Å². The Bertz CT molecular complexity index is 591. The zero-order valence-electron chi connectivity index (χ0n) is 11.3. The van der Waals surface area contributed by atoms with Crippen LogP contribution < -0.4 is 0 Å². The van der Waals surface area contributed by atoms with Gasteiger partial charge in [-0.1, -0.05) is 12.1 Å². The molecule has 0 aliphatic heterocycles. The number of hydrogen-bond donors (Lipinski definition) is 0. The lowest BCUT2D eigenvalue weighted by Crippen LogP contribution is -1.94. The molecule has 0 amide bonds. The van der Waals surface area contributed by atoms with Crippen LogP contribution in [0.5, 0.6) is 0 Å². The van der Waals surface area contributed by atoms with Crippen LogP contribution >= 0.6 is 0 Å². The van der Waals surface area contributed by atoms with Crippen molar-refractivity contribution in [2.24, 2.45) is 0 Å². The van der Waals surface area contributed by atoms with Gasteiger partial charge in [-0.2, -0.15) is 0 Å². The summed E-state index contributed by atoms with van der Waals surface area (Å²) in [5, 5.41) is 0. The number of rotatable bonds is 3. The van der Waals surface area contributed by atoms with Crippen LogP contribution in [-0.2, 0) is 6.42 Å². The summed E-state index contributed by atoms with van der Waals surface area (Å²) in [6, 6.07) is 8.01. The highest BCUT2D eigenvalue weighted by molar-refractivity contribution is 5.91. The first-order chi connectivity index (χ1) is 8.47. The molecule has 0 unspecified atom stereocenters. The third-order valence-electron chi connectivity index (χ3n) is 3.33. The highest BCUT2D eigenvalue weighted by Crippen LogP contribution is 2.20. The molecule has 0 atom stereocenters. The maximum atomic E-state index is 11.2. The van der Waals surface area contributed by atoms with Crippen molar-refractivity contribution in [2.45, 2.75) is 34.1 Å². The molecule has 0 spiro atoms. The molecule has 0 saturated heterocycles. The van der Waals surface area contributed by atoms with Crippen LogP contribution in [0.3, 0.4) is 0 Å². The van der Waals surface area contributed by atoms with E-state index in [4.69, 9.17) is 4.42 Å².